The van der Waals surface area contributed by atoms with Crippen molar-refractivity contribution in [2.24, 2.45) is 0 Å². The van der Waals surface area contributed by atoms with Crippen LogP contribution in [-0.2, 0) is 12.6 Å². The molecule has 0 aromatic heterocycles. The van der Waals surface area contributed by atoms with Gasteiger partial charge in [-0.1, -0.05) is 0 Å². The Labute approximate surface area is 253 Å². The Morgan fingerprint density at radius 3 is 1.04 bits per heavy atom. The van der Waals surface area contributed by atoms with Crippen molar-refractivity contribution in [1.82, 2.24) is 0 Å². The lowest BCUT2D eigenvalue weighted by molar-refractivity contribution is -1.03. The van der Waals surface area contributed by atoms with Gasteiger partial charge in [-0.3, -0.25) is 0 Å². The summed E-state index contributed by atoms with van der Waals surface area (Å²) in [5, 5.41) is -7.79. The minimum absolute atomic E-state index is 0.00438. The van der Waals surface area contributed by atoms with Crippen LogP contribution < -0.4 is 29.7 Å². The molecule has 2 rings (SSSR count). The molecule has 1 radical (unpaired) electrons. The summed E-state index contributed by atoms with van der Waals surface area (Å²) < 4.78 is 269. The lowest BCUT2D eigenvalue weighted by atomic mass is 9.91. The van der Waals surface area contributed by atoms with Crippen LogP contribution in [0.15, 0.2) is 48.5 Å². The third kappa shape index (κ3) is 6.00. The molecule has 0 bridgehead atoms. The second-order valence-corrected chi connectivity index (χ2v) is 15.1. The Kier molecular flexibility index (Phi) is 10.5. The maximum absolute atomic E-state index is 14.7. The molecular weight excluding hydrogens is 826 g/mol. The number of benzene rings is 2. The predicted molar refractivity (Wildman–Crippen MR) is 114 cm³/mol. The van der Waals surface area contributed by atoms with E-state index in [0.29, 0.717) is 0 Å². The van der Waals surface area contributed by atoms with Crippen molar-refractivity contribution in [3.63, 3.8) is 0 Å². The zero-order valence-corrected chi connectivity index (χ0v) is 24.8. The Bertz CT molecular complexity index is 1430. The summed E-state index contributed by atoms with van der Waals surface area (Å²) in [5.41, 5.74) is 0. The van der Waals surface area contributed by atoms with Crippen molar-refractivity contribution in [2.45, 2.75) is 47.0 Å². The van der Waals surface area contributed by atoms with Crippen molar-refractivity contribution in [3.05, 3.63) is 55.7 Å². The smallest absolute Gasteiger partial charge is 0.460 e. The van der Waals surface area contributed by atoms with E-state index >= 15 is 0 Å². The number of rotatable bonds is 13. The lowest BCUT2D eigenvalue weighted by Gasteiger charge is -2.42. The van der Waals surface area contributed by atoms with Crippen LogP contribution in [0.4, 0.5) is 74.6 Å². The van der Waals surface area contributed by atoms with Crippen molar-refractivity contribution in [1.29, 1.82) is 0 Å². The average molecular weight is 840 g/mol. The van der Waals surface area contributed by atoms with Gasteiger partial charge in [0.1, 0.15) is 11.5 Å². The topological polar surface area (TPSA) is 61.8 Å². The van der Waals surface area contributed by atoms with E-state index in [9.17, 15) is 83.1 Å². The maximum Gasteiger partial charge on any atom is 0.460 e. The van der Waals surface area contributed by atoms with Crippen molar-refractivity contribution >= 4 is 10.1 Å². The summed E-state index contributed by atoms with van der Waals surface area (Å²) in [6.07, 6.45) is -7.92. The Morgan fingerprint density at radius 2 is 0.761 bits per heavy atom. The van der Waals surface area contributed by atoms with Crippen LogP contribution in [0.2, 0.25) is 0 Å². The number of ether oxygens (including phenoxy) is 2. The molecule has 5 nitrogen and oxygen atoms in total. The van der Waals surface area contributed by atoms with E-state index in [1.165, 1.54) is 0 Å². The van der Waals surface area contributed by atoms with Crippen LogP contribution in [0.25, 0.3) is 0 Å². The summed E-state index contributed by atoms with van der Waals surface area (Å²) in [4.78, 5) is 0. The van der Waals surface area contributed by atoms with Crippen LogP contribution in [-0.4, -0.2) is 69.6 Å². The first-order valence-corrected chi connectivity index (χ1v) is 15.5. The maximum atomic E-state index is 14.7. The zero-order valence-electron chi connectivity index (χ0n) is 21.9. The summed E-state index contributed by atoms with van der Waals surface area (Å²) in [7, 11) is -5.55. The molecule has 0 saturated carbocycles. The summed E-state index contributed by atoms with van der Waals surface area (Å²) in [6, 6.07) is 7.58. The fourth-order valence-corrected chi connectivity index (χ4v) is 9.92. The van der Waals surface area contributed by atoms with Gasteiger partial charge in [0.2, 0.25) is 0 Å². The van der Waals surface area contributed by atoms with E-state index in [4.69, 9.17) is 9.47 Å². The summed E-state index contributed by atoms with van der Waals surface area (Å²) >= 11 is -4.68. The Balaban J connectivity index is 2.70. The molecule has 24 heteroatoms. The predicted octanol–water partition coefficient (Wildman–Crippen LogP) is 4.60. The van der Waals surface area contributed by atoms with E-state index in [1.54, 1.807) is 0 Å². The normalized spacial score (nSPS) is 14.9. The van der Waals surface area contributed by atoms with Crippen molar-refractivity contribution < 1.29 is 115 Å². The molecule has 263 valence electrons. The summed E-state index contributed by atoms with van der Waals surface area (Å²) in [6.45, 7) is 0. The molecular formula is C22H14F17IO5S+. The van der Waals surface area contributed by atoms with Gasteiger partial charge in [-0.2, -0.15) is 83.1 Å². The van der Waals surface area contributed by atoms with Crippen LogP contribution in [0.5, 0.6) is 11.5 Å². The van der Waals surface area contributed by atoms with Gasteiger partial charge >= 0.3 is 77.3 Å². The molecule has 0 aliphatic rings. The van der Waals surface area contributed by atoms with Gasteiger partial charge < -0.3 is 9.47 Å². The first kappa shape index (κ1) is 39.7. The number of alkyl halides is 17. The molecule has 2 aromatic rings. The van der Waals surface area contributed by atoms with E-state index in [0.717, 1.165) is 62.8 Å². The Hall–Kier alpha value is -2.51. The third-order valence-corrected chi connectivity index (χ3v) is 13.0. The molecule has 0 N–H and O–H groups in total. The van der Waals surface area contributed by atoms with E-state index in [2.05, 4.69) is 2.51 Å². The van der Waals surface area contributed by atoms with Crippen LogP contribution in [0, 0.1) is 7.14 Å². The Morgan fingerprint density at radius 1 is 0.478 bits per heavy atom. The number of hydrogen-bond donors (Lipinski definition) is 0. The van der Waals surface area contributed by atoms with Gasteiger partial charge in [0.15, 0.2) is 7.14 Å². The van der Waals surface area contributed by atoms with Gasteiger partial charge in [-0.25, -0.2) is 0 Å². The van der Waals surface area contributed by atoms with Gasteiger partial charge in [-0.05, 0) is 51.0 Å². The fraction of sp³-hybridized carbons (Fsp3) is 0.455. The molecule has 0 saturated heterocycles. The molecule has 0 aliphatic heterocycles. The SMILES string of the molecule is COc1ccc([I+](OS(=O)(=O)C(F)(F)C(F)(F)C(F)(F)C(F)(F)C(F)(F)C(F)(F)C(F)(F)C(F)(F)F)c2ccc(OC)cc2)cc1. The van der Waals surface area contributed by atoms with Crippen molar-refractivity contribution in [3.8, 4) is 11.5 Å². The average Bonchev–Trinajstić information content (AvgIpc) is 2.94. The van der Waals surface area contributed by atoms with Crippen molar-refractivity contribution in [2.75, 3.05) is 14.2 Å². The van der Waals surface area contributed by atoms with Gasteiger partial charge in [0.05, 0.1) is 14.2 Å². The molecule has 0 aliphatic carbocycles. The highest BCUT2D eigenvalue weighted by Gasteiger charge is 2.96. The molecule has 2 aromatic carbocycles. The van der Waals surface area contributed by atoms with Gasteiger partial charge in [0.25, 0.3) is 0 Å². The molecule has 0 atom stereocenters. The first-order chi connectivity index (χ1) is 20.4. The number of hydrogen-bond acceptors (Lipinski definition) is 5. The van der Waals surface area contributed by atoms with E-state index in [-0.39, 0.29) is 11.5 Å². The third-order valence-electron chi connectivity index (χ3n) is 5.65. The minimum Gasteiger partial charge on any atom is -0.497 e. The van der Waals surface area contributed by atoms with Crippen LogP contribution >= 0.6 is 0 Å². The number of halogens is 18. The number of methoxy groups -OCH3 is 2. The minimum atomic E-state index is -8.94. The molecule has 0 spiro atoms. The monoisotopic (exact) mass is 840 g/mol. The van der Waals surface area contributed by atoms with Gasteiger partial charge in [-0.15, -0.1) is 0 Å². The zero-order chi connectivity index (χ0) is 36.2. The lowest BCUT2D eigenvalue weighted by Crippen LogP contribution is -3.85. The van der Waals surface area contributed by atoms with Crippen LogP contribution in [0.1, 0.15) is 0 Å². The second kappa shape index (κ2) is 12.2. The quantitative estimate of drug-likeness (QED) is 0.218. The molecule has 0 amide bonds. The standard InChI is InChI=1S/C22H14F17IO5S/c1-43-13-7-3-11(4-8-13)40(12-5-9-14(44-2)10-6-12)45-46(41,42)22(38,39)20(33,34)18(29,30)16(25,26)15(23,24)17(27,28)19(31,32)21(35,36)37/h3-10H,1-2H3/q+1. The second-order valence-electron chi connectivity index (χ2n) is 8.54. The van der Waals surface area contributed by atoms with E-state index in [1.807, 2.05) is 0 Å². The molecule has 0 fully saturated rings. The largest absolute Gasteiger partial charge is 0.497 e. The fourth-order valence-electron chi connectivity index (χ4n) is 3.00. The van der Waals surface area contributed by atoms with Crippen LogP contribution in [0.3, 0.4) is 0 Å². The molecule has 46 heavy (non-hydrogen) atoms. The van der Waals surface area contributed by atoms with E-state index < -0.39 is 84.5 Å². The highest BCUT2D eigenvalue weighted by molar-refractivity contribution is 7.87. The first-order valence-electron chi connectivity index (χ1n) is 11.1. The highest BCUT2D eigenvalue weighted by Crippen LogP contribution is 2.64. The summed E-state index contributed by atoms with van der Waals surface area (Å²) in [5.74, 6) is -52.2. The van der Waals surface area contributed by atoms with Gasteiger partial charge in [0, 0.05) is 0 Å². The highest BCUT2D eigenvalue weighted by atomic mass is 127. The molecule has 0 unspecified atom stereocenters. The molecule has 0 heterocycles.